The van der Waals surface area contributed by atoms with Crippen LogP contribution in [0.4, 0.5) is 10.5 Å². The van der Waals surface area contributed by atoms with Crippen molar-refractivity contribution < 1.29 is 14.3 Å². The molecule has 2 aromatic rings. The van der Waals surface area contributed by atoms with E-state index in [-0.39, 0.29) is 12.1 Å². The first-order chi connectivity index (χ1) is 11.4. The second-order valence-corrected chi connectivity index (χ2v) is 5.90. The molecule has 7 heteroatoms. The average molecular weight is 369 g/mol. The van der Waals surface area contributed by atoms with Gasteiger partial charge in [-0.15, -0.1) is 0 Å². The zero-order chi connectivity index (χ0) is 17.7. The van der Waals surface area contributed by atoms with Crippen molar-refractivity contribution >= 4 is 34.9 Å². The Morgan fingerprint density at radius 2 is 1.83 bits per heavy atom. The monoisotopic (exact) mass is 368 g/mol. The number of nitrogens with one attached hydrogen (secondary N) is 2. The Hall–Kier alpha value is -2.11. The van der Waals surface area contributed by atoms with Gasteiger partial charge in [0, 0.05) is 16.1 Å². The van der Waals surface area contributed by atoms with Crippen molar-refractivity contribution in [1.82, 2.24) is 5.32 Å². The van der Waals surface area contributed by atoms with Gasteiger partial charge in [-0.2, -0.15) is 0 Å². The summed E-state index contributed by atoms with van der Waals surface area (Å²) in [5, 5.41) is 6.60. The van der Waals surface area contributed by atoms with Crippen molar-refractivity contribution in [3.05, 3.63) is 52.0 Å². The molecule has 24 heavy (non-hydrogen) atoms. The number of methoxy groups -OCH3 is 2. The molecule has 2 amide bonds. The van der Waals surface area contributed by atoms with Crippen molar-refractivity contribution in [3.8, 4) is 11.5 Å². The summed E-state index contributed by atoms with van der Waals surface area (Å²) in [4.78, 5) is 12.3. The Labute approximate surface area is 150 Å². The van der Waals surface area contributed by atoms with Crippen LogP contribution in [0.1, 0.15) is 18.5 Å². The maximum Gasteiger partial charge on any atom is 0.319 e. The zero-order valence-electron chi connectivity index (χ0n) is 13.5. The molecule has 0 unspecified atom stereocenters. The molecule has 0 fully saturated rings. The first-order valence-electron chi connectivity index (χ1n) is 7.19. The third-order valence-corrected chi connectivity index (χ3v) is 3.99. The van der Waals surface area contributed by atoms with E-state index in [1.54, 1.807) is 43.5 Å². The summed E-state index contributed by atoms with van der Waals surface area (Å²) in [6, 6.07) is 9.60. The minimum Gasteiger partial charge on any atom is -0.497 e. The standard InChI is InChI=1S/C17H18Cl2N2O3/c1-10(13-6-4-11(18)8-14(13)19)20-17(22)21-15-9-12(23-2)5-7-16(15)24-3/h4-10H,1-3H3,(H2,20,21,22)/t10-/m1/s1. The lowest BCUT2D eigenvalue weighted by Crippen LogP contribution is -2.31. The highest BCUT2D eigenvalue weighted by Crippen LogP contribution is 2.29. The Morgan fingerprint density at radius 3 is 2.46 bits per heavy atom. The summed E-state index contributed by atoms with van der Waals surface area (Å²) in [5.41, 5.74) is 1.28. The third-order valence-electron chi connectivity index (χ3n) is 3.43. The van der Waals surface area contributed by atoms with Gasteiger partial charge in [-0.05, 0) is 36.8 Å². The van der Waals surface area contributed by atoms with E-state index >= 15 is 0 Å². The molecule has 0 radical (unpaired) electrons. The van der Waals surface area contributed by atoms with Gasteiger partial charge in [0.1, 0.15) is 11.5 Å². The van der Waals surface area contributed by atoms with Gasteiger partial charge in [-0.1, -0.05) is 29.3 Å². The SMILES string of the molecule is COc1ccc(OC)c(NC(=O)N[C@H](C)c2ccc(Cl)cc2Cl)c1. The quantitative estimate of drug-likeness (QED) is 0.789. The lowest BCUT2D eigenvalue weighted by Gasteiger charge is -2.17. The van der Waals surface area contributed by atoms with E-state index in [0.29, 0.717) is 27.2 Å². The Balaban J connectivity index is 2.10. The van der Waals surface area contributed by atoms with Crippen LogP contribution in [0.3, 0.4) is 0 Å². The number of ether oxygens (including phenoxy) is 2. The van der Waals surface area contributed by atoms with E-state index in [2.05, 4.69) is 10.6 Å². The molecule has 128 valence electrons. The molecule has 0 aliphatic rings. The molecule has 0 spiro atoms. The molecule has 0 saturated carbocycles. The van der Waals surface area contributed by atoms with Gasteiger partial charge in [0.2, 0.25) is 0 Å². The van der Waals surface area contributed by atoms with Crippen LogP contribution >= 0.6 is 23.2 Å². The summed E-state index contributed by atoms with van der Waals surface area (Å²) in [5.74, 6) is 1.14. The number of hydrogen-bond acceptors (Lipinski definition) is 3. The fraction of sp³-hybridized carbons (Fsp3) is 0.235. The first kappa shape index (κ1) is 18.2. The van der Waals surface area contributed by atoms with Crippen LogP contribution in [0, 0.1) is 0 Å². The lowest BCUT2D eigenvalue weighted by molar-refractivity contribution is 0.249. The Kier molecular flexibility index (Phi) is 6.17. The molecule has 0 aromatic heterocycles. The zero-order valence-corrected chi connectivity index (χ0v) is 15.0. The van der Waals surface area contributed by atoms with Gasteiger partial charge in [0.25, 0.3) is 0 Å². The molecule has 2 rings (SSSR count). The number of amides is 2. The van der Waals surface area contributed by atoms with E-state index in [4.69, 9.17) is 32.7 Å². The smallest absolute Gasteiger partial charge is 0.319 e. The minimum atomic E-state index is -0.389. The van der Waals surface area contributed by atoms with Crippen molar-refractivity contribution in [2.75, 3.05) is 19.5 Å². The summed E-state index contributed by atoms with van der Waals surface area (Å²) >= 11 is 12.0. The molecule has 5 nitrogen and oxygen atoms in total. The first-order valence-corrected chi connectivity index (χ1v) is 7.94. The lowest BCUT2D eigenvalue weighted by atomic mass is 10.1. The predicted octanol–water partition coefficient (Wildman–Crippen LogP) is 4.89. The number of carbonyl (C=O) groups excluding carboxylic acids is 1. The van der Waals surface area contributed by atoms with Crippen molar-refractivity contribution in [1.29, 1.82) is 0 Å². The van der Waals surface area contributed by atoms with Crippen LogP contribution < -0.4 is 20.1 Å². The molecule has 1 atom stereocenters. The van der Waals surface area contributed by atoms with Crippen LogP contribution in [0.5, 0.6) is 11.5 Å². The molecule has 0 saturated heterocycles. The van der Waals surface area contributed by atoms with Crippen LogP contribution in [0.15, 0.2) is 36.4 Å². The van der Waals surface area contributed by atoms with E-state index < -0.39 is 0 Å². The molecule has 2 N–H and O–H groups in total. The fourth-order valence-electron chi connectivity index (χ4n) is 2.20. The molecular weight excluding hydrogens is 351 g/mol. The Morgan fingerprint density at radius 1 is 1.08 bits per heavy atom. The number of carbonyl (C=O) groups is 1. The number of halogens is 2. The second-order valence-electron chi connectivity index (χ2n) is 5.05. The van der Waals surface area contributed by atoms with Crippen molar-refractivity contribution in [2.45, 2.75) is 13.0 Å². The summed E-state index contributed by atoms with van der Waals surface area (Å²) in [6.45, 7) is 1.83. The normalized spacial score (nSPS) is 11.5. The summed E-state index contributed by atoms with van der Waals surface area (Å²) in [7, 11) is 3.08. The molecule has 2 aromatic carbocycles. The van der Waals surface area contributed by atoms with Crippen molar-refractivity contribution in [3.63, 3.8) is 0 Å². The predicted molar refractivity (Wildman–Crippen MR) is 96.6 cm³/mol. The molecular formula is C17H18Cl2N2O3. The van der Waals surface area contributed by atoms with Crippen LogP contribution in [0.25, 0.3) is 0 Å². The highest BCUT2D eigenvalue weighted by molar-refractivity contribution is 6.35. The largest absolute Gasteiger partial charge is 0.497 e. The fourth-order valence-corrected chi connectivity index (χ4v) is 2.77. The number of rotatable bonds is 5. The highest BCUT2D eigenvalue weighted by Gasteiger charge is 2.15. The van der Waals surface area contributed by atoms with Gasteiger partial charge < -0.3 is 20.1 Å². The van der Waals surface area contributed by atoms with E-state index in [9.17, 15) is 4.79 Å². The van der Waals surface area contributed by atoms with Crippen LogP contribution in [-0.4, -0.2) is 20.3 Å². The summed E-state index contributed by atoms with van der Waals surface area (Å²) in [6.07, 6.45) is 0. The van der Waals surface area contributed by atoms with E-state index in [0.717, 1.165) is 5.56 Å². The number of hydrogen-bond donors (Lipinski definition) is 2. The van der Waals surface area contributed by atoms with Gasteiger partial charge in [-0.3, -0.25) is 0 Å². The van der Waals surface area contributed by atoms with Crippen LogP contribution in [-0.2, 0) is 0 Å². The van der Waals surface area contributed by atoms with Gasteiger partial charge >= 0.3 is 6.03 Å². The summed E-state index contributed by atoms with van der Waals surface area (Å²) < 4.78 is 10.4. The minimum absolute atomic E-state index is 0.300. The molecule has 0 bridgehead atoms. The van der Waals surface area contributed by atoms with Crippen LogP contribution in [0.2, 0.25) is 10.0 Å². The van der Waals surface area contributed by atoms with E-state index in [1.807, 2.05) is 6.92 Å². The third kappa shape index (κ3) is 4.46. The van der Waals surface area contributed by atoms with Gasteiger partial charge in [-0.25, -0.2) is 4.79 Å². The number of anilines is 1. The van der Waals surface area contributed by atoms with Gasteiger partial charge in [0.05, 0.1) is 25.9 Å². The second kappa shape index (κ2) is 8.13. The van der Waals surface area contributed by atoms with Crippen molar-refractivity contribution in [2.24, 2.45) is 0 Å². The molecule has 0 heterocycles. The topological polar surface area (TPSA) is 59.6 Å². The highest BCUT2D eigenvalue weighted by atomic mass is 35.5. The average Bonchev–Trinajstić information content (AvgIpc) is 2.54. The maximum absolute atomic E-state index is 12.3. The maximum atomic E-state index is 12.3. The molecule has 0 aliphatic heterocycles. The number of urea groups is 1. The van der Waals surface area contributed by atoms with E-state index in [1.165, 1.54) is 7.11 Å². The Bertz CT molecular complexity index is 738. The molecule has 0 aliphatic carbocycles. The number of benzene rings is 2. The van der Waals surface area contributed by atoms with Gasteiger partial charge in [0.15, 0.2) is 0 Å².